The monoisotopic (exact) mass is 336 g/mol. The van der Waals surface area contributed by atoms with Gasteiger partial charge in [-0.15, -0.1) is 0 Å². The van der Waals surface area contributed by atoms with Crippen molar-refractivity contribution in [1.29, 1.82) is 5.26 Å². The number of rotatable bonds is 3. The Kier molecular flexibility index (Phi) is 5.66. The minimum Gasteiger partial charge on any atom is -0.348 e. The van der Waals surface area contributed by atoms with Crippen molar-refractivity contribution < 1.29 is 18.0 Å². The Hall–Kier alpha value is -2.29. The summed E-state index contributed by atoms with van der Waals surface area (Å²) >= 11 is 0. The number of carbonyl (C=O) groups is 1. The molecule has 1 aliphatic carbocycles. The molecular weight excluding hydrogens is 317 g/mol. The van der Waals surface area contributed by atoms with Crippen LogP contribution in [0.3, 0.4) is 0 Å². The first kappa shape index (κ1) is 18.1. The lowest BCUT2D eigenvalue weighted by Gasteiger charge is -2.29. The Morgan fingerprint density at radius 2 is 2.04 bits per heavy atom. The topological polar surface area (TPSA) is 52.9 Å². The molecular formula is C18H19F3N2O. The van der Waals surface area contributed by atoms with Crippen molar-refractivity contribution in [2.75, 3.05) is 0 Å². The molecule has 0 saturated heterocycles. The van der Waals surface area contributed by atoms with Gasteiger partial charge < -0.3 is 5.32 Å². The summed E-state index contributed by atoms with van der Waals surface area (Å²) in [5.74, 6) is -0.204. The van der Waals surface area contributed by atoms with Crippen LogP contribution in [0.5, 0.6) is 0 Å². The Morgan fingerprint density at radius 1 is 1.33 bits per heavy atom. The molecule has 0 spiro atoms. The predicted octanol–water partition coefficient (Wildman–Crippen LogP) is 4.31. The normalized spacial score (nSPS) is 21.9. The number of halogens is 3. The zero-order chi connectivity index (χ0) is 17.7. The standard InChI is InChI=1S/C18H19F3N2O/c1-12-5-2-3-8-16(12)23-17(24)14(11-22)9-13-6-4-7-15(10-13)18(19,20)21/h4,6-7,9-10,12,16H,2-3,5,8H2,1H3,(H,23,24)/b14-9+/t12-,16+/m0/s1. The van der Waals surface area contributed by atoms with Crippen molar-refractivity contribution in [3.63, 3.8) is 0 Å². The Balaban J connectivity index is 2.17. The highest BCUT2D eigenvalue weighted by atomic mass is 19.4. The number of hydrogen-bond acceptors (Lipinski definition) is 2. The molecule has 0 aliphatic heterocycles. The van der Waals surface area contributed by atoms with Gasteiger partial charge in [-0.3, -0.25) is 4.79 Å². The van der Waals surface area contributed by atoms with Crippen LogP contribution in [-0.2, 0) is 11.0 Å². The molecule has 2 rings (SSSR count). The summed E-state index contributed by atoms with van der Waals surface area (Å²) in [4.78, 5) is 12.3. The van der Waals surface area contributed by atoms with E-state index in [1.54, 1.807) is 6.07 Å². The lowest BCUT2D eigenvalue weighted by molar-refractivity contribution is -0.137. The van der Waals surface area contributed by atoms with Gasteiger partial charge in [0.25, 0.3) is 5.91 Å². The van der Waals surface area contributed by atoms with Gasteiger partial charge >= 0.3 is 6.18 Å². The molecule has 1 aromatic carbocycles. The minimum absolute atomic E-state index is 0.00418. The van der Waals surface area contributed by atoms with E-state index in [2.05, 4.69) is 5.32 Å². The van der Waals surface area contributed by atoms with Gasteiger partial charge in [0.2, 0.25) is 0 Å². The summed E-state index contributed by atoms with van der Waals surface area (Å²) in [6.07, 6.45) is 0.751. The highest BCUT2D eigenvalue weighted by Gasteiger charge is 2.30. The smallest absolute Gasteiger partial charge is 0.348 e. The summed E-state index contributed by atoms with van der Waals surface area (Å²) in [6, 6.07) is 6.35. The average Bonchev–Trinajstić information content (AvgIpc) is 2.54. The molecule has 128 valence electrons. The van der Waals surface area contributed by atoms with E-state index in [0.29, 0.717) is 5.92 Å². The van der Waals surface area contributed by atoms with Crippen molar-refractivity contribution in [2.45, 2.75) is 44.8 Å². The van der Waals surface area contributed by atoms with Gasteiger partial charge in [-0.2, -0.15) is 18.4 Å². The summed E-state index contributed by atoms with van der Waals surface area (Å²) in [5, 5.41) is 12.0. The van der Waals surface area contributed by atoms with Gasteiger partial charge in [-0.05, 0) is 42.5 Å². The third kappa shape index (κ3) is 4.60. The zero-order valence-electron chi connectivity index (χ0n) is 13.4. The number of benzene rings is 1. The number of alkyl halides is 3. The summed E-state index contributed by atoms with van der Waals surface area (Å²) in [7, 11) is 0. The van der Waals surface area contributed by atoms with Crippen LogP contribution in [0.25, 0.3) is 6.08 Å². The number of nitrogens with one attached hydrogen (secondary N) is 1. The van der Waals surface area contributed by atoms with E-state index in [1.165, 1.54) is 18.2 Å². The van der Waals surface area contributed by atoms with E-state index >= 15 is 0 Å². The zero-order valence-corrected chi connectivity index (χ0v) is 13.4. The number of nitrogens with zero attached hydrogens (tertiary/aromatic N) is 1. The number of carbonyl (C=O) groups excluding carboxylic acids is 1. The lowest BCUT2D eigenvalue weighted by Crippen LogP contribution is -2.41. The van der Waals surface area contributed by atoms with Crippen LogP contribution in [0.1, 0.15) is 43.7 Å². The fourth-order valence-corrected chi connectivity index (χ4v) is 2.90. The first-order valence-corrected chi connectivity index (χ1v) is 7.91. The highest BCUT2D eigenvalue weighted by molar-refractivity contribution is 6.01. The molecule has 1 amide bonds. The van der Waals surface area contributed by atoms with E-state index < -0.39 is 17.6 Å². The second kappa shape index (κ2) is 7.52. The van der Waals surface area contributed by atoms with Gasteiger partial charge in [0.15, 0.2) is 0 Å². The fourth-order valence-electron chi connectivity index (χ4n) is 2.90. The molecule has 0 unspecified atom stereocenters. The van der Waals surface area contributed by atoms with Crippen LogP contribution in [0.15, 0.2) is 29.8 Å². The molecule has 24 heavy (non-hydrogen) atoms. The van der Waals surface area contributed by atoms with Crippen molar-refractivity contribution >= 4 is 12.0 Å². The maximum absolute atomic E-state index is 12.7. The summed E-state index contributed by atoms with van der Waals surface area (Å²) < 4.78 is 38.2. The Labute approximate surface area is 139 Å². The average molecular weight is 336 g/mol. The second-order valence-corrected chi connectivity index (χ2v) is 6.13. The molecule has 3 nitrogen and oxygen atoms in total. The molecule has 0 radical (unpaired) electrons. The number of hydrogen-bond donors (Lipinski definition) is 1. The fraction of sp³-hybridized carbons (Fsp3) is 0.444. The van der Waals surface area contributed by atoms with Crippen LogP contribution in [-0.4, -0.2) is 11.9 Å². The van der Waals surface area contributed by atoms with Crippen LogP contribution < -0.4 is 5.32 Å². The molecule has 0 heterocycles. The van der Waals surface area contributed by atoms with E-state index in [4.69, 9.17) is 0 Å². The molecule has 1 saturated carbocycles. The third-order valence-corrected chi connectivity index (χ3v) is 4.32. The molecule has 1 aromatic rings. The largest absolute Gasteiger partial charge is 0.416 e. The van der Waals surface area contributed by atoms with E-state index in [-0.39, 0.29) is 17.2 Å². The Morgan fingerprint density at radius 3 is 2.67 bits per heavy atom. The highest BCUT2D eigenvalue weighted by Crippen LogP contribution is 2.30. The van der Waals surface area contributed by atoms with E-state index in [0.717, 1.165) is 37.8 Å². The van der Waals surface area contributed by atoms with Gasteiger partial charge in [0, 0.05) is 6.04 Å². The van der Waals surface area contributed by atoms with Crippen LogP contribution in [0, 0.1) is 17.2 Å². The quantitative estimate of drug-likeness (QED) is 0.661. The predicted molar refractivity (Wildman–Crippen MR) is 84.6 cm³/mol. The molecule has 0 bridgehead atoms. The minimum atomic E-state index is -4.46. The maximum Gasteiger partial charge on any atom is 0.416 e. The molecule has 6 heteroatoms. The number of nitriles is 1. The lowest BCUT2D eigenvalue weighted by atomic mass is 9.86. The molecule has 1 fully saturated rings. The van der Waals surface area contributed by atoms with E-state index in [9.17, 15) is 23.2 Å². The molecule has 1 N–H and O–H groups in total. The molecule has 0 aromatic heterocycles. The first-order chi connectivity index (χ1) is 11.3. The van der Waals surface area contributed by atoms with Gasteiger partial charge in [-0.1, -0.05) is 31.9 Å². The molecule has 2 atom stereocenters. The van der Waals surface area contributed by atoms with Crippen molar-refractivity contribution in [3.05, 3.63) is 41.0 Å². The first-order valence-electron chi connectivity index (χ1n) is 7.91. The Bertz CT molecular complexity index is 674. The molecule has 1 aliphatic rings. The second-order valence-electron chi connectivity index (χ2n) is 6.13. The summed E-state index contributed by atoms with van der Waals surface area (Å²) in [5.41, 5.74) is -0.824. The van der Waals surface area contributed by atoms with Crippen LogP contribution in [0.4, 0.5) is 13.2 Å². The van der Waals surface area contributed by atoms with E-state index in [1.807, 2.05) is 6.92 Å². The van der Waals surface area contributed by atoms with Crippen molar-refractivity contribution in [3.8, 4) is 6.07 Å². The number of amides is 1. The van der Waals surface area contributed by atoms with Crippen molar-refractivity contribution in [1.82, 2.24) is 5.32 Å². The SMILES string of the molecule is C[C@H]1CCCC[C@H]1NC(=O)/C(C#N)=C/c1cccc(C(F)(F)F)c1. The van der Waals surface area contributed by atoms with Gasteiger partial charge in [-0.25, -0.2) is 0 Å². The van der Waals surface area contributed by atoms with Crippen molar-refractivity contribution in [2.24, 2.45) is 5.92 Å². The van der Waals surface area contributed by atoms with Crippen LogP contribution in [0.2, 0.25) is 0 Å². The summed E-state index contributed by atoms with van der Waals surface area (Å²) in [6.45, 7) is 2.05. The third-order valence-electron chi connectivity index (χ3n) is 4.32. The van der Waals surface area contributed by atoms with Crippen LogP contribution >= 0.6 is 0 Å². The maximum atomic E-state index is 12.7. The van der Waals surface area contributed by atoms with Gasteiger partial charge in [0.05, 0.1) is 5.56 Å². The van der Waals surface area contributed by atoms with Gasteiger partial charge in [0.1, 0.15) is 11.6 Å².